The van der Waals surface area contributed by atoms with Gasteiger partial charge in [-0.2, -0.15) is 0 Å². The summed E-state index contributed by atoms with van der Waals surface area (Å²) in [5.41, 5.74) is 7.29. The van der Waals surface area contributed by atoms with Crippen LogP contribution < -0.4 is 15.2 Å². The van der Waals surface area contributed by atoms with Gasteiger partial charge in [0.15, 0.2) is 11.5 Å². The Morgan fingerprint density at radius 3 is 2.76 bits per heavy atom. The number of hydrogen-bond acceptors (Lipinski definition) is 5. The van der Waals surface area contributed by atoms with Crippen molar-refractivity contribution in [1.29, 1.82) is 0 Å². The van der Waals surface area contributed by atoms with E-state index < -0.39 is 0 Å². The molecule has 0 radical (unpaired) electrons. The number of rotatable bonds is 4. The lowest BCUT2D eigenvalue weighted by Crippen LogP contribution is -2.08. The number of ether oxygens (including phenoxy) is 2. The summed E-state index contributed by atoms with van der Waals surface area (Å²) < 4.78 is 11.4. The maximum Gasteiger partial charge on any atom is 0.162 e. The van der Waals surface area contributed by atoms with Gasteiger partial charge in [-0.25, -0.2) is 0 Å². The first-order valence-electron chi connectivity index (χ1n) is 7.08. The predicted molar refractivity (Wildman–Crippen MR) is 88.8 cm³/mol. The maximum atomic E-state index is 5.97. The molecule has 0 spiro atoms. The lowest BCUT2D eigenvalue weighted by molar-refractivity contribution is 0.297. The molecular weight excluding hydrogens is 302 g/mol. The predicted octanol–water partition coefficient (Wildman–Crippen LogP) is 4.01. The van der Waals surface area contributed by atoms with Crippen LogP contribution >= 0.6 is 23.1 Å². The number of hydrogen-bond donors (Lipinski definition) is 1. The van der Waals surface area contributed by atoms with E-state index in [0.717, 1.165) is 24.5 Å². The molecule has 0 aliphatic carbocycles. The molecule has 1 aliphatic rings. The van der Waals surface area contributed by atoms with Crippen LogP contribution in [-0.2, 0) is 0 Å². The fraction of sp³-hybridized carbons (Fsp3) is 0.375. The Labute approximate surface area is 133 Å². The minimum atomic E-state index is 0.287. The normalized spacial score (nSPS) is 15.5. The zero-order valence-electron chi connectivity index (χ0n) is 12.0. The number of benzene rings is 1. The van der Waals surface area contributed by atoms with E-state index in [-0.39, 0.29) is 5.25 Å². The monoisotopic (exact) mass is 321 g/mol. The Hall–Kier alpha value is -1.17. The average molecular weight is 321 g/mol. The van der Waals surface area contributed by atoms with Crippen LogP contribution in [0.25, 0.3) is 0 Å². The molecule has 2 N–H and O–H groups in total. The second-order valence-corrected chi connectivity index (χ2v) is 7.19. The minimum absolute atomic E-state index is 0.287. The van der Waals surface area contributed by atoms with Crippen molar-refractivity contribution in [3.05, 3.63) is 40.1 Å². The molecule has 1 unspecified atom stereocenters. The van der Waals surface area contributed by atoms with Crippen molar-refractivity contribution in [3.63, 3.8) is 0 Å². The fourth-order valence-electron chi connectivity index (χ4n) is 2.30. The van der Waals surface area contributed by atoms with E-state index in [2.05, 4.69) is 30.5 Å². The molecule has 0 bridgehead atoms. The molecule has 1 aromatic heterocycles. The van der Waals surface area contributed by atoms with Gasteiger partial charge in [0.25, 0.3) is 0 Å². The third kappa shape index (κ3) is 3.36. The fourth-order valence-corrected chi connectivity index (χ4v) is 4.58. The van der Waals surface area contributed by atoms with Gasteiger partial charge in [0.1, 0.15) is 0 Å². The highest BCUT2D eigenvalue weighted by Crippen LogP contribution is 2.41. The van der Waals surface area contributed by atoms with Gasteiger partial charge in [0, 0.05) is 22.7 Å². The molecule has 3 rings (SSSR count). The summed E-state index contributed by atoms with van der Waals surface area (Å²) in [6.07, 6.45) is 0.928. The van der Waals surface area contributed by atoms with Crippen LogP contribution in [0, 0.1) is 6.92 Å². The van der Waals surface area contributed by atoms with Gasteiger partial charge >= 0.3 is 0 Å². The Bertz CT molecular complexity index is 612. The maximum absolute atomic E-state index is 5.97. The third-order valence-electron chi connectivity index (χ3n) is 3.41. The highest BCUT2D eigenvalue weighted by molar-refractivity contribution is 7.99. The highest BCUT2D eigenvalue weighted by Gasteiger charge is 2.17. The van der Waals surface area contributed by atoms with Crippen molar-refractivity contribution in [2.24, 2.45) is 5.73 Å². The van der Waals surface area contributed by atoms with E-state index in [1.165, 1.54) is 15.3 Å². The quantitative estimate of drug-likeness (QED) is 0.864. The summed E-state index contributed by atoms with van der Waals surface area (Å²) in [7, 11) is 0. The van der Waals surface area contributed by atoms with E-state index in [9.17, 15) is 0 Å². The van der Waals surface area contributed by atoms with Crippen LogP contribution in [0.4, 0.5) is 0 Å². The molecule has 0 fully saturated rings. The molecule has 21 heavy (non-hydrogen) atoms. The first-order valence-corrected chi connectivity index (χ1v) is 8.84. The second-order valence-electron chi connectivity index (χ2n) is 4.97. The molecule has 1 atom stereocenters. The lowest BCUT2D eigenvalue weighted by Gasteiger charge is -2.15. The van der Waals surface area contributed by atoms with E-state index in [1.54, 1.807) is 23.1 Å². The summed E-state index contributed by atoms with van der Waals surface area (Å²) in [5.74, 6) is 1.68. The summed E-state index contributed by atoms with van der Waals surface area (Å²) in [6.45, 7) is 4.20. The van der Waals surface area contributed by atoms with Crippen LogP contribution in [0.5, 0.6) is 11.5 Å². The van der Waals surface area contributed by atoms with Crippen molar-refractivity contribution >= 4 is 23.1 Å². The molecule has 2 heterocycles. The number of fused-ring (bicyclic) bond motifs is 1. The second kappa shape index (κ2) is 6.73. The topological polar surface area (TPSA) is 44.5 Å². The molecule has 1 aliphatic heterocycles. The zero-order valence-corrected chi connectivity index (χ0v) is 13.6. The summed E-state index contributed by atoms with van der Waals surface area (Å²) in [6, 6.07) is 8.30. The standard InChI is InChI=1S/C16H19NO2S2/c1-11-5-8-20-16(11)15(10-17)21-12-3-4-13-14(9-12)19-7-2-6-18-13/h3-5,8-9,15H,2,6-7,10,17H2,1H3. The van der Waals surface area contributed by atoms with Gasteiger partial charge in [-0.15, -0.1) is 23.1 Å². The van der Waals surface area contributed by atoms with E-state index in [4.69, 9.17) is 15.2 Å². The van der Waals surface area contributed by atoms with Crippen LogP contribution in [0.3, 0.4) is 0 Å². The van der Waals surface area contributed by atoms with Crippen molar-refractivity contribution in [2.75, 3.05) is 19.8 Å². The number of nitrogens with two attached hydrogens (primary N) is 1. The molecule has 2 aromatic rings. The van der Waals surface area contributed by atoms with Gasteiger partial charge in [-0.3, -0.25) is 0 Å². The average Bonchev–Trinajstić information content (AvgIpc) is 2.78. The molecule has 1 aromatic carbocycles. The molecule has 0 amide bonds. The zero-order chi connectivity index (χ0) is 14.7. The molecule has 112 valence electrons. The van der Waals surface area contributed by atoms with Gasteiger partial charge in [0.05, 0.1) is 18.5 Å². The van der Waals surface area contributed by atoms with Gasteiger partial charge in [-0.1, -0.05) is 0 Å². The Morgan fingerprint density at radius 1 is 1.24 bits per heavy atom. The van der Waals surface area contributed by atoms with E-state index in [1.807, 2.05) is 6.07 Å². The summed E-state index contributed by atoms with van der Waals surface area (Å²) in [4.78, 5) is 2.53. The van der Waals surface area contributed by atoms with E-state index in [0.29, 0.717) is 13.2 Å². The van der Waals surface area contributed by atoms with Crippen molar-refractivity contribution in [1.82, 2.24) is 0 Å². The number of thiophene rings is 1. The molecule has 5 heteroatoms. The third-order valence-corrected chi connectivity index (χ3v) is 5.93. The van der Waals surface area contributed by atoms with Crippen molar-refractivity contribution in [2.45, 2.75) is 23.5 Å². The van der Waals surface area contributed by atoms with Crippen LogP contribution in [0.15, 0.2) is 34.5 Å². The van der Waals surface area contributed by atoms with Crippen LogP contribution in [0.2, 0.25) is 0 Å². The number of thioether (sulfide) groups is 1. The molecular formula is C16H19NO2S2. The molecule has 3 nitrogen and oxygen atoms in total. The first-order chi connectivity index (χ1) is 10.3. The Balaban J connectivity index is 1.81. The summed E-state index contributed by atoms with van der Waals surface area (Å²) in [5, 5.41) is 2.41. The number of aryl methyl sites for hydroxylation is 1. The minimum Gasteiger partial charge on any atom is -0.490 e. The van der Waals surface area contributed by atoms with Gasteiger partial charge < -0.3 is 15.2 Å². The van der Waals surface area contributed by atoms with Gasteiger partial charge in [-0.05, 0) is 42.1 Å². The molecule has 0 saturated carbocycles. The molecule has 0 saturated heterocycles. The largest absolute Gasteiger partial charge is 0.490 e. The smallest absolute Gasteiger partial charge is 0.162 e. The Morgan fingerprint density at radius 2 is 2.05 bits per heavy atom. The van der Waals surface area contributed by atoms with Gasteiger partial charge in [0.2, 0.25) is 0 Å². The van der Waals surface area contributed by atoms with Crippen molar-refractivity contribution in [3.8, 4) is 11.5 Å². The van der Waals surface area contributed by atoms with Crippen LogP contribution in [0.1, 0.15) is 22.1 Å². The summed E-state index contributed by atoms with van der Waals surface area (Å²) >= 11 is 3.57. The highest BCUT2D eigenvalue weighted by atomic mass is 32.2. The van der Waals surface area contributed by atoms with Crippen molar-refractivity contribution < 1.29 is 9.47 Å². The Kier molecular flexibility index (Phi) is 4.73. The SMILES string of the molecule is Cc1ccsc1C(CN)Sc1ccc2c(c1)OCCCO2. The lowest BCUT2D eigenvalue weighted by atomic mass is 10.2. The van der Waals surface area contributed by atoms with Crippen LogP contribution in [-0.4, -0.2) is 19.8 Å². The van der Waals surface area contributed by atoms with E-state index >= 15 is 0 Å². The first kappa shape index (κ1) is 14.8.